The number of hydrogen-bond acceptors (Lipinski definition) is 11. The van der Waals surface area contributed by atoms with Crippen LogP contribution in [0.5, 0.6) is 28.7 Å². The van der Waals surface area contributed by atoms with E-state index in [0.29, 0.717) is 39.3 Å². The van der Waals surface area contributed by atoms with Gasteiger partial charge in [-0.3, -0.25) is 9.59 Å². The van der Waals surface area contributed by atoms with Gasteiger partial charge in [-0.15, -0.1) is 0 Å². The summed E-state index contributed by atoms with van der Waals surface area (Å²) in [6.07, 6.45) is 0. The van der Waals surface area contributed by atoms with Gasteiger partial charge in [0.25, 0.3) is 0 Å². The van der Waals surface area contributed by atoms with Crippen molar-refractivity contribution in [2.45, 2.75) is 225 Å². The molecule has 0 fully saturated rings. The molecule has 0 N–H and O–H groups in total. The van der Waals surface area contributed by atoms with Crippen LogP contribution in [0.2, 0.25) is 39.3 Å². The number of hydrogen-bond donors (Lipinski definition) is 0. The zero-order valence-electron chi connectivity index (χ0n) is 55.8. The van der Waals surface area contributed by atoms with E-state index >= 15 is 0 Å². The first-order chi connectivity index (χ1) is 38.0. The standard InChI is InChI=1S/C69H96O11P2Si2/c1-39(2)41-29-46(40(3)4)56-51(30-41)61(70)80-82(75-56)77-58-50(36-45(38-53(58)67(14,15)16)74-63(72)69(20,21)22)49-35-44(73-62(71)68(17,18)19)37-52(66(11,12)13)57(49)76-81-78-59-47(31-42(64(5,6)7)33-54(59)83(23,24)25)48-32-43(65(8,9)10)34-55(60(48)79-81)84(26,27)28/h29-40H,1-28H3. The number of carbonyl (C=O) groups excluding carboxylic acids is 3. The number of fused-ring (bicyclic) bond motifs is 4. The molecule has 1 atom stereocenters. The zero-order chi connectivity index (χ0) is 63.3. The number of esters is 2. The minimum absolute atomic E-state index is 0.00854. The third-order valence-electron chi connectivity index (χ3n) is 15.1. The summed E-state index contributed by atoms with van der Waals surface area (Å²) in [4.78, 5) is 42.6. The lowest BCUT2D eigenvalue weighted by Gasteiger charge is -2.31. The predicted molar refractivity (Wildman–Crippen MR) is 353 cm³/mol. The van der Waals surface area contributed by atoms with Crippen molar-refractivity contribution < 1.29 is 50.3 Å². The molecule has 6 aromatic rings. The largest absolute Gasteiger partial charge is 0.532 e. The van der Waals surface area contributed by atoms with Crippen molar-refractivity contribution in [2.24, 2.45) is 10.8 Å². The maximum Gasteiger partial charge on any atom is 0.532 e. The Morgan fingerprint density at radius 2 is 0.881 bits per heavy atom. The topological polar surface area (TPSA) is 133 Å². The van der Waals surface area contributed by atoms with E-state index in [4.69, 9.17) is 36.0 Å². The number of ether oxygens (including phenoxy) is 2. The number of benzene rings is 5. The Kier molecular flexibility index (Phi) is 17.9. The molecule has 0 bridgehead atoms. The summed E-state index contributed by atoms with van der Waals surface area (Å²) in [6.45, 7) is 59.0. The second kappa shape index (κ2) is 22.8. The summed E-state index contributed by atoms with van der Waals surface area (Å²) in [5.74, 6) is 0.143. The van der Waals surface area contributed by atoms with E-state index in [1.807, 2.05) is 53.7 Å². The lowest BCUT2D eigenvalue weighted by molar-refractivity contribution is -0.143. The van der Waals surface area contributed by atoms with E-state index in [2.05, 4.69) is 160 Å². The van der Waals surface area contributed by atoms with Gasteiger partial charge >= 0.3 is 34.8 Å². The zero-order valence-corrected chi connectivity index (χ0v) is 59.6. The normalized spacial score (nSPS) is 14.8. The fourth-order valence-electron chi connectivity index (χ4n) is 9.68. The van der Waals surface area contributed by atoms with Gasteiger partial charge in [-0.05, 0) is 150 Å². The van der Waals surface area contributed by atoms with Crippen LogP contribution in [0, 0.1) is 10.8 Å². The molecule has 5 aromatic carbocycles. The molecule has 0 radical (unpaired) electrons. The monoisotopic (exact) mass is 1220 g/mol. The van der Waals surface area contributed by atoms with Crippen LogP contribution >= 0.6 is 16.8 Å². The van der Waals surface area contributed by atoms with E-state index in [1.165, 1.54) is 11.1 Å². The second-order valence-corrected chi connectivity index (χ2v) is 43.9. The smallest absolute Gasteiger partial charge is 0.426 e. The minimum Gasteiger partial charge on any atom is -0.426 e. The van der Waals surface area contributed by atoms with Crippen LogP contribution in [0.25, 0.3) is 33.1 Å². The summed E-state index contributed by atoms with van der Waals surface area (Å²) in [7, 11) is -9.34. The van der Waals surface area contributed by atoms with Gasteiger partial charge < -0.3 is 36.0 Å². The Hall–Kier alpha value is -5.33. The third kappa shape index (κ3) is 14.4. The Morgan fingerprint density at radius 1 is 0.476 bits per heavy atom. The lowest BCUT2D eigenvalue weighted by Crippen LogP contribution is -2.39. The van der Waals surface area contributed by atoms with Crippen LogP contribution in [-0.4, -0.2) is 34.1 Å². The Labute approximate surface area is 506 Å². The quantitative estimate of drug-likeness (QED) is 0.0531. The van der Waals surface area contributed by atoms with Crippen molar-refractivity contribution in [3.8, 4) is 39.9 Å². The molecule has 84 heavy (non-hydrogen) atoms. The molecule has 1 aliphatic heterocycles. The average Bonchev–Trinajstić information content (AvgIpc) is 1.88. The highest BCUT2D eigenvalue weighted by molar-refractivity contribution is 7.43. The molecule has 11 nitrogen and oxygen atoms in total. The van der Waals surface area contributed by atoms with Crippen molar-refractivity contribution in [3.63, 3.8) is 0 Å². The van der Waals surface area contributed by atoms with Gasteiger partial charge in [0.1, 0.15) is 45.5 Å². The average molecular weight is 1220 g/mol. The van der Waals surface area contributed by atoms with Crippen molar-refractivity contribution in [1.82, 2.24) is 0 Å². The van der Waals surface area contributed by atoms with Crippen LogP contribution in [0.1, 0.15) is 208 Å². The second-order valence-electron chi connectivity index (χ2n) is 31.9. The van der Waals surface area contributed by atoms with E-state index in [-0.39, 0.29) is 39.9 Å². The van der Waals surface area contributed by atoms with E-state index in [9.17, 15) is 14.4 Å². The van der Waals surface area contributed by atoms with E-state index in [0.717, 1.165) is 43.4 Å². The van der Waals surface area contributed by atoms with Crippen LogP contribution in [0.3, 0.4) is 0 Å². The highest BCUT2D eigenvalue weighted by Crippen LogP contribution is 2.57. The molecular weight excluding hydrogens is 1120 g/mol. The number of rotatable bonds is 11. The first-order valence-electron chi connectivity index (χ1n) is 29.7. The van der Waals surface area contributed by atoms with Crippen LogP contribution < -0.4 is 33.4 Å². The van der Waals surface area contributed by atoms with Gasteiger partial charge in [-0.25, -0.2) is 4.79 Å². The fourth-order valence-corrected chi connectivity index (χ4v) is 15.0. The Morgan fingerprint density at radius 3 is 1.23 bits per heavy atom. The van der Waals surface area contributed by atoms with Gasteiger partial charge in [0, 0.05) is 33.0 Å². The summed E-state index contributed by atoms with van der Waals surface area (Å²) in [5, 5.41) is 4.20. The maximum atomic E-state index is 14.4. The third-order valence-corrected chi connectivity index (χ3v) is 21.1. The van der Waals surface area contributed by atoms with Gasteiger partial charge in [0.2, 0.25) is 0 Å². The Balaban J connectivity index is 1.69. The molecule has 1 aromatic heterocycles. The van der Waals surface area contributed by atoms with Crippen LogP contribution in [0.15, 0.2) is 69.1 Å². The molecule has 1 unspecified atom stereocenters. The summed E-state index contributed by atoms with van der Waals surface area (Å²) >= 11 is 0. The molecule has 0 spiro atoms. The summed E-state index contributed by atoms with van der Waals surface area (Å²) < 4.78 is 55.6. The van der Waals surface area contributed by atoms with Crippen molar-refractivity contribution in [1.29, 1.82) is 0 Å². The SMILES string of the molecule is CC(C)c1cc2c(c(C(C)C)c1)OP(Oc1c(-c3cc(OC(=O)C(C)(C)C)cc(C(C)(C)C)c3Op3oc4c([Si](C)(C)C)cc(C(C)(C)C)cc4c4cc(C(C)(C)C)cc([Si](C)(C)C)c4o3)cc(OC(=O)C(C)(C)C)cc1C(C)(C)C)OC2=O. The van der Waals surface area contributed by atoms with Crippen molar-refractivity contribution in [2.75, 3.05) is 0 Å². The Bertz CT molecular complexity index is 3510. The molecule has 0 amide bonds. The minimum atomic E-state index is -2.48. The molecule has 15 heteroatoms. The molecule has 0 saturated carbocycles. The molecule has 456 valence electrons. The molecule has 0 aliphatic carbocycles. The molecule has 1 aliphatic rings. The molecular formula is C69H96O11P2Si2. The molecule has 0 saturated heterocycles. The summed E-state index contributed by atoms with van der Waals surface area (Å²) in [5.41, 5.74) is 4.47. The van der Waals surface area contributed by atoms with Crippen LogP contribution in [0.4, 0.5) is 0 Å². The van der Waals surface area contributed by atoms with Gasteiger partial charge in [0.05, 0.1) is 27.0 Å². The number of carbonyl (C=O) groups is 3. The fraction of sp³-hybridized carbons (Fsp3) is 0.522. The van der Waals surface area contributed by atoms with Crippen molar-refractivity contribution >= 4 is 83.2 Å². The van der Waals surface area contributed by atoms with Crippen molar-refractivity contribution in [3.05, 3.63) is 99.6 Å². The first-order valence-corrected chi connectivity index (χ1v) is 38.9. The van der Waals surface area contributed by atoms with Crippen LogP contribution in [-0.2, 0) is 35.8 Å². The predicted octanol–water partition coefficient (Wildman–Crippen LogP) is 20.1. The van der Waals surface area contributed by atoms with E-state index < -0.39 is 72.6 Å². The summed E-state index contributed by atoms with van der Waals surface area (Å²) in [6, 6.07) is 20.3. The maximum absolute atomic E-state index is 14.4. The van der Waals surface area contributed by atoms with Gasteiger partial charge in [-0.2, -0.15) is 0 Å². The molecule has 2 heterocycles. The van der Waals surface area contributed by atoms with Gasteiger partial charge in [0.15, 0.2) is 0 Å². The highest BCUT2D eigenvalue weighted by atomic mass is 31.2. The van der Waals surface area contributed by atoms with Gasteiger partial charge in [-0.1, -0.05) is 168 Å². The highest BCUT2D eigenvalue weighted by Gasteiger charge is 2.40. The molecule has 7 rings (SSSR count). The van der Waals surface area contributed by atoms with E-state index in [1.54, 1.807) is 39.0 Å². The first kappa shape index (κ1) is 66.2. The lowest BCUT2D eigenvalue weighted by atomic mass is 9.81.